The smallest absolute Gasteiger partial charge is 0.0554 e. The van der Waals surface area contributed by atoms with Crippen molar-refractivity contribution in [2.24, 2.45) is 5.41 Å². The molecule has 0 spiro atoms. The van der Waals surface area contributed by atoms with E-state index >= 15 is 0 Å². The molecule has 0 bridgehead atoms. The van der Waals surface area contributed by atoms with Crippen molar-refractivity contribution in [3.63, 3.8) is 0 Å². The maximum Gasteiger partial charge on any atom is 0.0554 e. The molecule has 1 aliphatic carbocycles. The van der Waals surface area contributed by atoms with Gasteiger partial charge in [0, 0.05) is 9.35 Å². The van der Waals surface area contributed by atoms with E-state index < -0.39 is 0 Å². The summed E-state index contributed by atoms with van der Waals surface area (Å²) >= 11 is 9.41. The van der Waals surface area contributed by atoms with Crippen LogP contribution in [0.3, 0.4) is 0 Å². The lowest BCUT2D eigenvalue weighted by Crippen LogP contribution is -2.24. The number of rotatable bonds is 2. The molecule has 0 aromatic carbocycles. The van der Waals surface area contributed by atoms with Crippen molar-refractivity contribution >= 4 is 43.2 Å². The summed E-state index contributed by atoms with van der Waals surface area (Å²) in [7, 11) is 0. The molecule has 1 fully saturated rings. The number of alkyl halides is 1. The van der Waals surface area contributed by atoms with Crippen LogP contribution < -0.4 is 0 Å². The largest absolute Gasteiger partial charge is 0.146 e. The van der Waals surface area contributed by atoms with E-state index in [1.54, 1.807) is 0 Å². The first-order valence-electron chi connectivity index (χ1n) is 5.50. The molecule has 1 aromatic heterocycles. The minimum atomic E-state index is 0.450. The van der Waals surface area contributed by atoms with Gasteiger partial charge in [-0.15, -0.1) is 11.3 Å². The molecule has 1 aromatic rings. The average molecular weight is 352 g/mol. The quantitative estimate of drug-likeness (QED) is 0.580. The third-order valence-corrected chi connectivity index (χ3v) is 7.28. The lowest BCUT2D eigenvalue weighted by Gasteiger charge is -2.37. The number of hydrogen-bond donors (Lipinski definition) is 0. The zero-order chi connectivity index (χ0) is 10.9. The minimum absolute atomic E-state index is 0.450. The molecule has 0 amide bonds. The highest BCUT2D eigenvalue weighted by Crippen LogP contribution is 2.52. The first-order chi connectivity index (χ1) is 7.13. The predicted molar refractivity (Wildman–Crippen MR) is 74.9 cm³/mol. The Labute approximate surface area is 113 Å². The van der Waals surface area contributed by atoms with Crippen molar-refractivity contribution in [2.45, 2.75) is 43.9 Å². The van der Waals surface area contributed by atoms with Crippen LogP contribution in [-0.4, -0.2) is 0 Å². The molecule has 3 heteroatoms. The fourth-order valence-electron chi connectivity index (χ4n) is 2.42. The van der Waals surface area contributed by atoms with E-state index in [1.807, 2.05) is 11.3 Å². The summed E-state index contributed by atoms with van der Waals surface area (Å²) in [6, 6.07) is 2.15. The topological polar surface area (TPSA) is 0 Å². The molecule has 1 aliphatic rings. The van der Waals surface area contributed by atoms with Gasteiger partial charge in [-0.3, -0.25) is 0 Å². The van der Waals surface area contributed by atoms with Gasteiger partial charge in [0.15, 0.2) is 0 Å². The van der Waals surface area contributed by atoms with Gasteiger partial charge in [-0.2, -0.15) is 0 Å². The van der Waals surface area contributed by atoms with Crippen molar-refractivity contribution in [1.82, 2.24) is 0 Å². The van der Waals surface area contributed by atoms with Gasteiger partial charge in [0.1, 0.15) is 0 Å². The molecular weight excluding hydrogens is 336 g/mol. The molecule has 2 rings (SSSR count). The molecule has 1 heterocycles. The van der Waals surface area contributed by atoms with Gasteiger partial charge in [0.2, 0.25) is 0 Å². The van der Waals surface area contributed by atoms with Gasteiger partial charge in [0.25, 0.3) is 0 Å². The summed E-state index contributed by atoms with van der Waals surface area (Å²) < 4.78 is 1.26. The zero-order valence-electron chi connectivity index (χ0n) is 8.93. The standard InChI is InChI=1S/C12H16Br2S/c1-12(6-3-2-4-7-12)11(14)10-9(13)5-8-15-10/h5,8,11H,2-4,6-7H2,1H3. The van der Waals surface area contributed by atoms with E-state index in [0.29, 0.717) is 10.2 Å². The highest BCUT2D eigenvalue weighted by Gasteiger charge is 2.36. The Kier molecular flexibility index (Phi) is 3.95. The third-order valence-electron chi connectivity index (χ3n) is 3.48. The van der Waals surface area contributed by atoms with Gasteiger partial charge in [-0.1, -0.05) is 42.1 Å². The highest BCUT2D eigenvalue weighted by atomic mass is 79.9. The van der Waals surface area contributed by atoms with Gasteiger partial charge >= 0.3 is 0 Å². The molecule has 1 unspecified atom stereocenters. The summed E-state index contributed by atoms with van der Waals surface area (Å²) in [6.45, 7) is 2.43. The Balaban J connectivity index is 2.19. The Morgan fingerprint density at radius 1 is 1.33 bits per heavy atom. The molecule has 1 saturated carbocycles. The van der Waals surface area contributed by atoms with Crippen LogP contribution in [0.2, 0.25) is 0 Å². The van der Waals surface area contributed by atoms with Crippen LogP contribution in [0.15, 0.2) is 15.9 Å². The number of thiophene rings is 1. The number of hydrogen-bond acceptors (Lipinski definition) is 1. The van der Waals surface area contributed by atoms with Crippen molar-refractivity contribution in [1.29, 1.82) is 0 Å². The van der Waals surface area contributed by atoms with E-state index in [-0.39, 0.29) is 0 Å². The lowest BCUT2D eigenvalue weighted by atomic mass is 9.73. The fourth-order valence-corrected chi connectivity index (χ4v) is 5.50. The Morgan fingerprint density at radius 3 is 2.53 bits per heavy atom. The van der Waals surface area contributed by atoms with Crippen LogP contribution in [0.25, 0.3) is 0 Å². The monoisotopic (exact) mass is 350 g/mol. The maximum atomic E-state index is 3.91. The van der Waals surface area contributed by atoms with E-state index in [1.165, 1.54) is 41.5 Å². The maximum absolute atomic E-state index is 3.91. The van der Waals surface area contributed by atoms with Gasteiger partial charge < -0.3 is 0 Å². The molecular formula is C12H16Br2S. The van der Waals surface area contributed by atoms with Crippen LogP contribution in [0.4, 0.5) is 0 Å². The van der Waals surface area contributed by atoms with Crippen molar-refractivity contribution in [3.05, 3.63) is 20.8 Å². The normalized spacial score (nSPS) is 22.6. The first-order valence-corrected chi connectivity index (χ1v) is 8.09. The summed E-state index contributed by atoms with van der Waals surface area (Å²) in [5.41, 5.74) is 0.450. The average Bonchev–Trinajstić information content (AvgIpc) is 2.64. The zero-order valence-corrected chi connectivity index (χ0v) is 12.9. The molecule has 15 heavy (non-hydrogen) atoms. The Morgan fingerprint density at radius 2 is 2.00 bits per heavy atom. The van der Waals surface area contributed by atoms with Crippen molar-refractivity contribution in [3.8, 4) is 0 Å². The third kappa shape index (κ3) is 2.50. The van der Waals surface area contributed by atoms with Crippen molar-refractivity contribution < 1.29 is 0 Å². The summed E-state index contributed by atoms with van der Waals surface area (Å²) in [5, 5.41) is 2.17. The predicted octanol–water partition coefficient (Wildman–Crippen LogP) is 5.92. The number of halogens is 2. The van der Waals surface area contributed by atoms with E-state index in [0.717, 1.165) is 0 Å². The molecule has 0 saturated heterocycles. The minimum Gasteiger partial charge on any atom is -0.146 e. The van der Waals surface area contributed by atoms with Crippen LogP contribution in [0.5, 0.6) is 0 Å². The molecule has 0 aliphatic heterocycles. The van der Waals surface area contributed by atoms with Gasteiger partial charge in [-0.05, 0) is 45.6 Å². The summed E-state index contributed by atoms with van der Waals surface area (Å²) in [5.74, 6) is 0. The summed E-state index contributed by atoms with van der Waals surface area (Å²) in [4.78, 5) is 1.97. The van der Waals surface area contributed by atoms with Crippen LogP contribution in [0, 0.1) is 5.41 Å². The van der Waals surface area contributed by atoms with Gasteiger partial charge in [0.05, 0.1) is 4.83 Å². The van der Waals surface area contributed by atoms with E-state index in [2.05, 4.69) is 50.2 Å². The van der Waals surface area contributed by atoms with Crippen LogP contribution in [-0.2, 0) is 0 Å². The fraction of sp³-hybridized carbons (Fsp3) is 0.667. The second kappa shape index (κ2) is 4.89. The molecule has 84 valence electrons. The van der Waals surface area contributed by atoms with E-state index in [4.69, 9.17) is 0 Å². The van der Waals surface area contributed by atoms with Crippen molar-refractivity contribution in [2.75, 3.05) is 0 Å². The SMILES string of the molecule is CC1(C(Br)c2sccc2Br)CCCCC1. The van der Waals surface area contributed by atoms with Gasteiger partial charge in [-0.25, -0.2) is 0 Å². The second-order valence-corrected chi connectivity index (χ2v) is 7.43. The Hall–Kier alpha value is 0.660. The van der Waals surface area contributed by atoms with Crippen LogP contribution in [0.1, 0.15) is 48.7 Å². The Bertz CT molecular complexity index is 326. The summed E-state index contributed by atoms with van der Waals surface area (Å²) in [6.07, 6.45) is 6.91. The molecule has 0 radical (unpaired) electrons. The highest BCUT2D eigenvalue weighted by molar-refractivity contribution is 9.11. The molecule has 0 N–H and O–H groups in total. The second-order valence-electron chi connectivity index (χ2n) is 4.71. The lowest BCUT2D eigenvalue weighted by molar-refractivity contribution is 0.214. The molecule has 1 atom stereocenters. The van der Waals surface area contributed by atoms with Crippen LogP contribution >= 0.6 is 43.2 Å². The molecule has 0 nitrogen and oxygen atoms in total. The first kappa shape index (κ1) is 12.1. The van der Waals surface area contributed by atoms with E-state index in [9.17, 15) is 0 Å².